The lowest BCUT2D eigenvalue weighted by atomic mass is 10.1. The number of amides is 1. The van der Waals surface area contributed by atoms with Crippen LogP contribution in [0.1, 0.15) is 11.1 Å². The molecule has 0 aliphatic carbocycles. The van der Waals surface area contributed by atoms with Crippen LogP contribution in [0.4, 0.5) is 5.69 Å². The Balaban J connectivity index is 1.53. The van der Waals surface area contributed by atoms with E-state index in [1.807, 2.05) is 42.5 Å². The third-order valence-electron chi connectivity index (χ3n) is 4.87. The molecule has 0 radical (unpaired) electrons. The molecule has 0 aliphatic rings. The first-order chi connectivity index (χ1) is 15.1. The fraction of sp³-hybridized carbons (Fsp3) is 0.120. The smallest absolute Gasteiger partial charge is 0.234 e. The van der Waals surface area contributed by atoms with Crippen LogP contribution in [0, 0.1) is 6.92 Å². The van der Waals surface area contributed by atoms with Gasteiger partial charge in [-0.25, -0.2) is 4.98 Å². The van der Waals surface area contributed by atoms with Gasteiger partial charge in [-0.1, -0.05) is 78.0 Å². The largest absolute Gasteiger partial charge is 0.325 e. The van der Waals surface area contributed by atoms with Crippen molar-refractivity contribution >= 4 is 35.0 Å². The first-order valence-electron chi connectivity index (χ1n) is 9.94. The fourth-order valence-electron chi connectivity index (χ4n) is 3.21. The molecule has 1 heterocycles. The van der Waals surface area contributed by atoms with Crippen LogP contribution in [0.15, 0.2) is 90.2 Å². The van der Waals surface area contributed by atoms with Crippen molar-refractivity contribution in [1.29, 1.82) is 0 Å². The molecule has 0 atom stereocenters. The Labute approximate surface area is 191 Å². The van der Waals surface area contributed by atoms with Crippen LogP contribution in [0.2, 0.25) is 5.02 Å². The van der Waals surface area contributed by atoms with Gasteiger partial charge < -0.3 is 9.88 Å². The van der Waals surface area contributed by atoms with E-state index in [0.29, 0.717) is 11.6 Å². The van der Waals surface area contributed by atoms with Crippen molar-refractivity contribution in [2.75, 3.05) is 11.1 Å². The van der Waals surface area contributed by atoms with Gasteiger partial charge in [-0.2, -0.15) is 0 Å². The van der Waals surface area contributed by atoms with E-state index >= 15 is 0 Å². The molecule has 31 heavy (non-hydrogen) atoms. The maximum Gasteiger partial charge on any atom is 0.234 e. The lowest BCUT2D eigenvalue weighted by Crippen LogP contribution is -2.14. The summed E-state index contributed by atoms with van der Waals surface area (Å²) in [5.74, 6) is 0.181. The predicted octanol–water partition coefficient (Wildman–Crippen LogP) is 6.29. The number of aryl methyl sites for hydroxylation is 1. The second-order valence-corrected chi connectivity index (χ2v) is 8.55. The molecule has 0 aliphatic heterocycles. The molecule has 4 aromatic rings. The van der Waals surface area contributed by atoms with Crippen LogP contribution in [0.3, 0.4) is 0 Å². The summed E-state index contributed by atoms with van der Waals surface area (Å²) in [5, 5.41) is 4.35. The Morgan fingerprint density at radius 1 is 1.00 bits per heavy atom. The molecule has 156 valence electrons. The summed E-state index contributed by atoms with van der Waals surface area (Å²) in [5.41, 5.74) is 5.14. The Morgan fingerprint density at radius 2 is 1.71 bits per heavy atom. The zero-order valence-corrected chi connectivity index (χ0v) is 18.7. The van der Waals surface area contributed by atoms with Crippen LogP contribution in [0.25, 0.3) is 11.3 Å². The van der Waals surface area contributed by atoms with Crippen LogP contribution in [-0.4, -0.2) is 21.2 Å². The molecule has 0 saturated carbocycles. The van der Waals surface area contributed by atoms with E-state index in [-0.39, 0.29) is 11.7 Å². The van der Waals surface area contributed by atoms with Gasteiger partial charge in [0.25, 0.3) is 0 Å². The summed E-state index contributed by atoms with van der Waals surface area (Å²) < 4.78 is 2.12. The van der Waals surface area contributed by atoms with Gasteiger partial charge in [0.1, 0.15) is 0 Å². The number of hydrogen-bond acceptors (Lipinski definition) is 3. The second-order valence-electron chi connectivity index (χ2n) is 7.17. The lowest BCUT2D eigenvalue weighted by Gasteiger charge is -2.10. The maximum atomic E-state index is 12.5. The molecule has 4 rings (SSSR count). The van der Waals surface area contributed by atoms with E-state index < -0.39 is 0 Å². The van der Waals surface area contributed by atoms with Crippen molar-refractivity contribution in [2.45, 2.75) is 18.6 Å². The first kappa shape index (κ1) is 21.2. The minimum Gasteiger partial charge on any atom is -0.325 e. The predicted molar refractivity (Wildman–Crippen MR) is 129 cm³/mol. The summed E-state index contributed by atoms with van der Waals surface area (Å²) >= 11 is 7.34. The Hall–Kier alpha value is -3.02. The molecule has 4 nitrogen and oxygen atoms in total. The van der Waals surface area contributed by atoms with Gasteiger partial charge in [0, 0.05) is 29.0 Å². The number of nitrogens with zero attached hydrogens (tertiary/aromatic N) is 2. The molecule has 1 aromatic heterocycles. The highest BCUT2D eigenvalue weighted by atomic mass is 35.5. The molecule has 0 spiro atoms. The number of carbonyl (C=O) groups excluding carboxylic acids is 1. The van der Waals surface area contributed by atoms with E-state index in [1.165, 1.54) is 22.9 Å². The van der Waals surface area contributed by atoms with Crippen molar-refractivity contribution in [3.8, 4) is 11.3 Å². The number of hydrogen-bond donors (Lipinski definition) is 1. The van der Waals surface area contributed by atoms with Gasteiger partial charge in [0.15, 0.2) is 5.16 Å². The van der Waals surface area contributed by atoms with Crippen LogP contribution in [0.5, 0.6) is 0 Å². The molecule has 0 saturated heterocycles. The molecule has 1 N–H and O–H groups in total. The molecule has 1 amide bonds. The average molecular weight is 448 g/mol. The topological polar surface area (TPSA) is 46.9 Å². The van der Waals surface area contributed by atoms with Crippen LogP contribution in [-0.2, 0) is 11.3 Å². The van der Waals surface area contributed by atoms with Crippen LogP contribution < -0.4 is 5.32 Å². The van der Waals surface area contributed by atoms with Gasteiger partial charge in [-0.05, 0) is 42.3 Å². The summed E-state index contributed by atoms with van der Waals surface area (Å²) in [6.45, 7) is 2.81. The number of thioether (sulfide) groups is 1. The van der Waals surface area contributed by atoms with Gasteiger partial charge in [-0.3, -0.25) is 4.79 Å². The highest BCUT2D eigenvalue weighted by Gasteiger charge is 2.13. The Kier molecular flexibility index (Phi) is 6.75. The van der Waals surface area contributed by atoms with Gasteiger partial charge in [0.05, 0.1) is 11.4 Å². The second kappa shape index (κ2) is 9.86. The standard InChI is InChI=1S/C25H22ClN3OS/c1-18-7-5-6-10-20(18)15-29-16-23(19-8-3-2-4-9-19)28-25(29)31-17-24(30)27-22-13-11-21(26)12-14-22/h2-14,16H,15,17H2,1H3,(H,27,30). The highest BCUT2D eigenvalue weighted by molar-refractivity contribution is 7.99. The SMILES string of the molecule is Cc1ccccc1Cn1cc(-c2ccccc2)nc1SCC(=O)Nc1ccc(Cl)cc1. The van der Waals surface area contributed by atoms with E-state index in [9.17, 15) is 4.79 Å². The van der Waals surface area contributed by atoms with E-state index in [0.717, 1.165) is 22.1 Å². The molecule has 0 bridgehead atoms. The summed E-state index contributed by atoms with van der Waals surface area (Å²) in [6.07, 6.45) is 2.06. The Morgan fingerprint density at radius 3 is 2.45 bits per heavy atom. The van der Waals surface area contributed by atoms with Gasteiger partial charge in [-0.15, -0.1) is 0 Å². The zero-order valence-electron chi connectivity index (χ0n) is 17.1. The van der Waals surface area contributed by atoms with Crippen molar-refractivity contribution in [3.05, 3.63) is 101 Å². The highest BCUT2D eigenvalue weighted by Crippen LogP contribution is 2.26. The first-order valence-corrected chi connectivity index (χ1v) is 11.3. The van der Waals surface area contributed by atoms with E-state index in [4.69, 9.17) is 16.6 Å². The number of anilines is 1. The minimum absolute atomic E-state index is 0.0842. The molecular weight excluding hydrogens is 426 g/mol. The number of nitrogens with one attached hydrogen (secondary N) is 1. The normalized spacial score (nSPS) is 10.8. The van der Waals surface area contributed by atoms with Gasteiger partial charge >= 0.3 is 0 Å². The van der Waals surface area contributed by atoms with E-state index in [2.05, 4.69) is 35.1 Å². The number of imidazole rings is 1. The summed E-state index contributed by atoms with van der Waals surface area (Å²) in [7, 11) is 0. The number of halogens is 1. The molecular formula is C25H22ClN3OS. The molecule has 0 unspecified atom stereocenters. The maximum absolute atomic E-state index is 12.5. The summed E-state index contributed by atoms with van der Waals surface area (Å²) in [4.78, 5) is 17.3. The molecule has 3 aromatic carbocycles. The monoisotopic (exact) mass is 447 g/mol. The Bertz CT molecular complexity index is 1170. The molecule has 0 fully saturated rings. The van der Waals surface area contributed by atoms with Gasteiger partial charge in [0.2, 0.25) is 5.91 Å². The fourth-order valence-corrected chi connectivity index (χ4v) is 4.11. The number of aromatic nitrogens is 2. The minimum atomic E-state index is -0.0842. The zero-order chi connectivity index (χ0) is 21.6. The van der Waals surface area contributed by atoms with Crippen molar-refractivity contribution in [2.24, 2.45) is 0 Å². The number of benzene rings is 3. The van der Waals surface area contributed by atoms with Crippen molar-refractivity contribution in [1.82, 2.24) is 9.55 Å². The lowest BCUT2D eigenvalue weighted by molar-refractivity contribution is -0.113. The van der Waals surface area contributed by atoms with E-state index in [1.54, 1.807) is 24.3 Å². The summed E-state index contributed by atoms with van der Waals surface area (Å²) in [6, 6.07) is 25.5. The average Bonchev–Trinajstić information content (AvgIpc) is 3.19. The molecule has 6 heteroatoms. The third-order valence-corrected chi connectivity index (χ3v) is 6.11. The number of carbonyl (C=O) groups is 1. The van der Waals surface area contributed by atoms with Crippen molar-refractivity contribution in [3.63, 3.8) is 0 Å². The van der Waals surface area contributed by atoms with Crippen molar-refractivity contribution < 1.29 is 4.79 Å². The third kappa shape index (κ3) is 5.57. The van der Waals surface area contributed by atoms with Crippen LogP contribution >= 0.6 is 23.4 Å². The number of rotatable bonds is 7. The quantitative estimate of drug-likeness (QED) is 0.338.